The average molecular weight is 249 g/mol. The van der Waals surface area contributed by atoms with Crippen molar-refractivity contribution in [1.82, 2.24) is 4.90 Å². The third-order valence-electron chi connectivity index (χ3n) is 3.33. The molecule has 1 aliphatic rings. The zero-order valence-corrected chi connectivity index (χ0v) is 10.5. The molecule has 3 N–H and O–H groups in total. The van der Waals surface area contributed by atoms with E-state index in [0.717, 1.165) is 17.8 Å². The van der Waals surface area contributed by atoms with Gasteiger partial charge in [-0.25, -0.2) is 0 Å². The molecule has 2 rings (SSSR count). The Morgan fingerprint density at radius 3 is 2.78 bits per heavy atom. The second kappa shape index (κ2) is 5.37. The van der Waals surface area contributed by atoms with E-state index in [0.29, 0.717) is 13.1 Å². The Hall–Kier alpha value is -1.59. The van der Waals surface area contributed by atoms with E-state index >= 15 is 0 Å². The van der Waals surface area contributed by atoms with Gasteiger partial charge in [-0.2, -0.15) is 0 Å². The number of amides is 1. The summed E-state index contributed by atoms with van der Waals surface area (Å²) in [6.45, 7) is 1.77. The van der Waals surface area contributed by atoms with Crippen molar-refractivity contribution < 1.29 is 9.90 Å². The highest BCUT2D eigenvalue weighted by molar-refractivity contribution is 5.83. The van der Waals surface area contributed by atoms with Crippen molar-refractivity contribution in [2.45, 2.75) is 6.04 Å². The van der Waals surface area contributed by atoms with E-state index in [1.807, 2.05) is 36.2 Å². The van der Waals surface area contributed by atoms with Crippen molar-refractivity contribution in [3.8, 4) is 0 Å². The number of nitrogens with two attached hydrogens (primary N) is 1. The maximum absolute atomic E-state index is 11.7. The van der Waals surface area contributed by atoms with Gasteiger partial charge < -0.3 is 20.6 Å². The SMILES string of the molecule is CN1CCN(c2ccccc2C(N)CO)CC1=O. The van der Waals surface area contributed by atoms with E-state index in [-0.39, 0.29) is 12.5 Å². The number of carbonyl (C=O) groups excluding carboxylic acids is 1. The van der Waals surface area contributed by atoms with Crippen LogP contribution >= 0.6 is 0 Å². The molecule has 18 heavy (non-hydrogen) atoms. The first-order valence-electron chi connectivity index (χ1n) is 6.07. The molecule has 0 aliphatic carbocycles. The van der Waals surface area contributed by atoms with Crippen molar-refractivity contribution in [3.63, 3.8) is 0 Å². The number of hydrogen-bond donors (Lipinski definition) is 2. The minimum Gasteiger partial charge on any atom is -0.394 e. The van der Waals surface area contributed by atoms with Crippen LogP contribution in [0.15, 0.2) is 24.3 Å². The Morgan fingerprint density at radius 2 is 2.11 bits per heavy atom. The maximum atomic E-state index is 11.7. The van der Waals surface area contributed by atoms with Crippen LogP contribution in [0.3, 0.4) is 0 Å². The molecule has 0 bridgehead atoms. The normalized spacial score (nSPS) is 18.1. The van der Waals surface area contributed by atoms with Crippen LogP contribution in [0.4, 0.5) is 5.69 Å². The van der Waals surface area contributed by atoms with Crippen molar-refractivity contribution in [1.29, 1.82) is 0 Å². The first-order valence-corrected chi connectivity index (χ1v) is 6.07. The second-order valence-electron chi connectivity index (χ2n) is 4.58. The maximum Gasteiger partial charge on any atom is 0.241 e. The number of likely N-dealkylation sites (N-methyl/N-ethyl adjacent to an activating group) is 1. The Morgan fingerprint density at radius 1 is 1.39 bits per heavy atom. The van der Waals surface area contributed by atoms with Crippen molar-refractivity contribution in [2.75, 3.05) is 38.2 Å². The molecule has 5 nitrogen and oxygen atoms in total. The van der Waals surface area contributed by atoms with Gasteiger partial charge in [0.15, 0.2) is 0 Å². The molecule has 98 valence electrons. The van der Waals surface area contributed by atoms with Gasteiger partial charge in [-0.1, -0.05) is 18.2 Å². The van der Waals surface area contributed by atoms with Gasteiger partial charge >= 0.3 is 0 Å². The van der Waals surface area contributed by atoms with Gasteiger partial charge in [0.05, 0.1) is 19.2 Å². The number of piperazine rings is 1. The fraction of sp³-hybridized carbons (Fsp3) is 0.462. The lowest BCUT2D eigenvalue weighted by molar-refractivity contribution is -0.129. The van der Waals surface area contributed by atoms with Gasteiger partial charge in [-0.15, -0.1) is 0 Å². The monoisotopic (exact) mass is 249 g/mol. The van der Waals surface area contributed by atoms with Gasteiger partial charge in [-0.3, -0.25) is 4.79 Å². The van der Waals surface area contributed by atoms with Crippen molar-refractivity contribution in [2.24, 2.45) is 5.73 Å². The van der Waals surface area contributed by atoms with Crippen LogP contribution in [0, 0.1) is 0 Å². The van der Waals surface area contributed by atoms with E-state index in [9.17, 15) is 9.90 Å². The molecule has 1 amide bonds. The largest absolute Gasteiger partial charge is 0.394 e. The molecule has 5 heteroatoms. The molecule has 1 saturated heterocycles. The van der Waals surface area contributed by atoms with E-state index in [1.54, 1.807) is 4.90 Å². The summed E-state index contributed by atoms with van der Waals surface area (Å²) in [5.74, 6) is 0.105. The first kappa shape index (κ1) is 12.9. The number of anilines is 1. The van der Waals surface area contributed by atoms with Crippen molar-refractivity contribution >= 4 is 11.6 Å². The van der Waals surface area contributed by atoms with Crippen LogP contribution < -0.4 is 10.6 Å². The average Bonchev–Trinajstić information content (AvgIpc) is 2.41. The third-order valence-corrected chi connectivity index (χ3v) is 3.33. The topological polar surface area (TPSA) is 69.8 Å². The second-order valence-corrected chi connectivity index (χ2v) is 4.58. The predicted molar refractivity (Wildman–Crippen MR) is 70.3 cm³/mol. The molecule has 1 heterocycles. The standard InChI is InChI=1S/C13H19N3O2/c1-15-6-7-16(8-13(15)18)12-5-3-2-4-10(12)11(14)9-17/h2-5,11,17H,6-9,14H2,1H3. The quantitative estimate of drug-likeness (QED) is 0.788. The van der Waals surface area contributed by atoms with Crippen LogP contribution in [0.1, 0.15) is 11.6 Å². The van der Waals surface area contributed by atoms with E-state index in [1.165, 1.54) is 0 Å². The van der Waals surface area contributed by atoms with Crippen LogP contribution in [-0.4, -0.2) is 49.2 Å². The highest BCUT2D eigenvalue weighted by Gasteiger charge is 2.23. The minimum atomic E-state index is -0.407. The molecule has 0 saturated carbocycles. The number of aliphatic hydroxyl groups excluding tert-OH is 1. The molecule has 1 fully saturated rings. The molecule has 0 spiro atoms. The summed E-state index contributed by atoms with van der Waals surface area (Å²) in [4.78, 5) is 15.5. The summed E-state index contributed by atoms with van der Waals surface area (Å²) < 4.78 is 0. The van der Waals surface area contributed by atoms with Gasteiger partial charge in [0.2, 0.25) is 5.91 Å². The molecule has 1 atom stereocenters. The Bertz CT molecular complexity index is 436. The zero-order valence-electron chi connectivity index (χ0n) is 10.5. The lowest BCUT2D eigenvalue weighted by Crippen LogP contribution is -2.49. The molecule has 1 aromatic carbocycles. The molecule has 1 aromatic rings. The van der Waals surface area contributed by atoms with Crippen LogP contribution in [-0.2, 0) is 4.79 Å². The van der Waals surface area contributed by atoms with Crippen molar-refractivity contribution in [3.05, 3.63) is 29.8 Å². The summed E-state index contributed by atoms with van der Waals surface area (Å²) >= 11 is 0. The molecule has 0 radical (unpaired) electrons. The zero-order chi connectivity index (χ0) is 13.1. The van der Waals surface area contributed by atoms with Gasteiger partial charge in [0.1, 0.15) is 0 Å². The summed E-state index contributed by atoms with van der Waals surface area (Å²) in [5.41, 5.74) is 7.72. The Labute approximate surface area is 107 Å². The predicted octanol–water partition coefficient (Wildman–Crippen LogP) is -0.0429. The van der Waals surface area contributed by atoms with Gasteiger partial charge in [0.25, 0.3) is 0 Å². The molecule has 1 unspecified atom stereocenters. The number of aliphatic hydroxyl groups is 1. The number of benzene rings is 1. The lowest BCUT2D eigenvalue weighted by atomic mass is 10.0. The summed E-state index contributed by atoms with van der Waals surface area (Å²) in [5, 5.41) is 9.19. The number of para-hydroxylation sites is 1. The molecular weight excluding hydrogens is 230 g/mol. The summed E-state index contributed by atoms with van der Waals surface area (Å²) in [6.07, 6.45) is 0. The number of hydrogen-bond acceptors (Lipinski definition) is 4. The van der Waals surface area contributed by atoms with Crippen LogP contribution in [0.25, 0.3) is 0 Å². The highest BCUT2D eigenvalue weighted by Crippen LogP contribution is 2.26. The first-order chi connectivity index (χ1) is 8.63. The van der Waals surface area contributed by atoms with E-state index in [4.69, 9.17) is 5.73 Å². The summed E-state index contributed by atoms with van der Waals surface area (Å²) in [6, 6.07) is 7.26. The molecule has 1 aliphatic heterocycles. The molecule has 0 aromatic heterocycles. The smallest absolute Gasteiger partial charge is 0.241 e. The van der Waals surface area contributed by atoms with E-state index in [2.05, 4.69) is 0 Å². The number of nitrogens with zero attached hydrogens (tertiary/aromatic N) is 2. The summed E-state index contributed by atoms with van der Waals surface area (Å²) in [7, 11) is 1.81. The minimum absolute atomic E-state index is 0.0985. The molecular formula is C13H19N3O2. The lowest BCUT2D eigenvalue weighted by Gasteiger charge is -2.35. The van der Waals surface area contributed by atoms with Gasteiger partial charge in [-0.05, 0) is 11.6 Å². The Balaban J connectivity index is 2.25. The highest BCUT2D eigenvalue weighted by atomic mass is 16.3. The fourth-order valence-electron chi connectivity index (χ4n) is 2.15. The number of carbonyl (C=O) groups is 1. The van der Waals surface area contributed by atoms with Crippen LogP contribution in [0.2, 0.25) is 0 Å². The van der Waals surface area contributed by atoms with Gasteiger partial charge in [0, 0.05) is 25.8 Å². The Kier molecular flexibility index (Phi) is 3.84. The third kappa shape index (κ3) is 2.47. The van der Waals surface area contributed by atoms with E-state index < -0.39 is 6.04 Å². The fourth-order valence-corrected chi connectivity index (χ4v) is 2.15. The number of rotatable bonds is 3. The van der Waals surface area contributed by atoms with Crippen LogP contribution in [0.5, 0.6) is 0 Å².